The van der Waals surface area contributed by atoms with E-state index in [0.29, 0.717) is 54.2 Å². The number of alkyl halides is 3. The van der Waals surface area contributed by atoms with Gasteiger partial charge in [0.05, 0.1) is 29.2 Å². The van der Waals surface area contributed by atoms with Crippen LogP contribution in [0.25, 0.3) is 11.1 Å². The second-order valence-corrected chi connectivity index (χ2v) is 7.48. The molecule has 3 aromatic carbocycles. The molecule has 8 heteroatoms. The van der Waals surface area contributed by atoms with Crippen molar-refractivity contribution in [3.8, 4) is 22.6 Å². The molecule has 0 unspecified atom stereocenters. The summed E-state index contributed by atoms with van der Waals surface area (Å²) >= 11 is 6.10. The molecule has 1 aliphatic rings. The molecule has 0 atom stereocenters. The highest BCUT2D eigenvalue weighted by Crippen LogP contribution is 2.32. The van der Waals surface area contributed by atoms with Gasteiger partial charge in [0, 0.05) is 0 Å². The first-order chi connectivity index (χ1) is 15.4. The molecule has 0 radical (unpaired) electrons. The number of ether oxygens (including phenoxy) is 2. The summed E-state index contributed by atoms with van der Waals surface area (Å²) in [5.74, 6) is 1.91. The number of rotatable bonds is 5. The Hall–Kier alpha value is -3.19. The summed E-state index contributed by atoms with van der Waals surface area (Å²) in [7, 11) is 0. The Morgan fingerprint density at radius 1 is 1.00 bits per heavy atom. The Morgan fingerprint density at radius 2 is 1.75 bits per heavy atom. The van der Waals surface area contributed by atoms with Crippen molar-refractivity contribution in [1.29, 1.82) is 0 Å². The monoisotopic (exact) mass is 460 g/mol. The predicted octanol–water partition coefficient (Wildman–Crippen LogP) is 5.83. The molecule has 32 heavy (non-hydrogen) atoms. The van der Waals surface area contributed by atoms with Crippen molar-refractivity contribution in [3.63, 3.8) is 0 Å². The van der Waals surface area contributed by atoms with E-state index < -0.39 is 11.7 Å². The molecule has 0 fully saturated rings. The second kappa shape index (κ2) is 9.53. The molecule has 0 amide bonds. The minimum absolute atomic E-state index is 0.373. The van der Waals surface area contributed by atoms with Crippen molar-refractivity contribution in [2.24, 2.45) is 4.99 Å². The first-order valence-electron chi connectivity index (χ1n) is 10.0. The molecule has 0 saturated carbocycles. The Morgan fingerprint density at radius 3 is 2.50 bits per heavy atom. The van der Waals surface area contributed by atoms with Crippen LogP contribution in [0, 0.1) is 0 Å². The molecule has 0 saturated heterocycles. The SMILES string of the molecule is FC(F)(F)c1ccc(-c2ccc3c(c2)C(NCCOc2ccccc2Cl)=NCCO3)cc1. The van der Waals surface area contributed by atoms with Crippen molar-refractivity contribution in [1.82, 2.24) is 5.32 Å². The molecule has 1 heterocycles. The quantitative estimate of drug-likeness (QED) is 0.487. The summed E-state index contributed by atoms with van der Waals surface area (Å²) in [6.45, 7) is 1.78. The molecule has 0 spiro atoms. The van der Waals surface area contributed by atoms with Crippen LogP contribution in [-0.4, -0.2) is 32.1 Å². The van der Waals surface area contributed by atoms with Gasteiger partial charge in [-0.3, -0.25) is 4.99 Å². The van der Waals surface area contributed by atoms with Crippen LogP contribution in [0.5, 0.6) is 11.5 Å². The molecule has 0 bridgehead atoms. The zero-order valence-electron chi connectivity index (χ0n) is 17.0. The van der Waals surface area contributed by atoms with Gasteiger partial charge in [0.2, 0.25) is 0 Å². The van der Waals surface area contributed by atoms with Gasteiger partial charge in [-0.25, -0.2) is 0 Å². The van der Waals surface area contributed by atoms with Crippen LogP contribution in [0.1, 0.15) is 11.1 Å². The van der Waals surface area contributed by atoms with E-state index in [4.69, 9.17) is 21.1 Å². The van der Waals surface area contributed by atoms with Crippen molar-refractivity contribution < 1.29 is 22.6 Å². The summed E-state index contributed by atoms with van der Waals surface area (Å²) in [6, 6.07) is 17.8. The van der Waals surface area contributed by atoms with Gasteiger partial charge in [-0.15, -0.1) is 0 Å². The minimum atomic E-state index is -4.37. The maximum atomic E-state index is 12.9. The van der Waals surface area contributed by atoms with Gasteiger partial charge >= 0.3 is 6.18 Å². The molecule has 0 aliphatic carbocycles. The van der Waals surface area contributed by atoms with Gasteiger partial charge in [0.1, 0.15) is 30.5 Å². The van der Waals surface area contributed by atoms with Crippen LogP contribution in [0.3, 0.4) is 0 Å². The van der Waals surface area contributed by atoms with Gasteiger partial charge in [-0.05, 0) is 47.5 Å². The van der Waals surface area contributed by atoms with E-state index in [0.717, 1.165) is 23.3 Å². The number of nitrogens with zero attached hydrogens (tertiary/aromatic N) is 1. The number of benzene rings is 3. The highest BCUT2D eigenvalue weighted by Gasteiger charge is 2.30. The van der Waals surface area contributed by atoms with Crippen LogP contribution in [-0.2, 0) is 6.18 Å². The molecule has 166 valence electrons. The van der Waals surface area contributed by atoms with Crippen LogP contribution in [0.15, 0.2) is 71.7 Å². The van der Waals surface area contributed by atoms with Crippen LogP contribution in [0.2, 0.25) is 5.02 Å². The average Bonchev–Trinajstić information content (AvgIpc) is 2.99. The van der Waals surface area contributed by atoms with E-state index in [1.807, 2.05) is 30.3 Å². The third-order valence-corrected chi connectivity index (χ3v) is 5.20. The van der Waals surface area contributed by atoms with E-state index in [-0.39, 0.29) is 0 Å². The minimum Gasteiger partial charge on any atom is -0.491 e. The lowest BCUT2D eigenvalue weighted by Crippen LogP contribution is -2.29. The lowest BCUT2D eigenvalue weighted by atomic mass is 10.0. The van der Waals surface area contributed by atoms with Crippen molar-refractivity contribution in [2.45, 2.75) is 6.18 Å². The topological polar surface area (TPSA) is 42.8 Å². The van der Waals surface area contributed by atoms with E-state index >= 15 is 0 Å². The van der Waals surface area contributed by atoms with Crippen LogP contribution < -0.4 is 14.8 Å². The smallest absolute Gasteiger partial charge is 0.416 e. The fourth-order valence-electron chi connectivity index (χ4n) is 3.31. The lowest BCUT2D eigenvalue weighted by Gasteiger charge is -2.14. The lowest BCUT2D eigenvalue weighted by molar-refractivity contribution is -0.137. The maximum Gasteiger partial charge on any atom is 0.416 e. The zero-order chi connectivity index (χ0) is 22.6. The first-order valence-corrected chi connectivity index (χ1v) is 10.4. The number of hydrogen-bond acceptors (Lipinski definition) is 4. The normalized spacial score (nSPS) is 13.4. The maximum absolute atomic E-state index is 12.9. The van der Waals surface area contributed by atoms with E-state index in [9.17, 15) is 13.2 Å². The number of amidine groups is 1. The van der Waals surface area contributed by atoms with Gasteiger partial charge < -0.3 is 14.8 Å². The number of nitrogens with one attached hydrogen (secondary N) is 1. The fraction of sp³-hybridized carbons (Fsp3) is 0.208. The van der Waals surface area contributed by atoms with Crippen molar-refractivity contribution in [3.05, 3.63) is 82.9 Å². The van der Waals surface area contributed by atoms with Gasteiger partial charge in [-0.2, -0.15) is 13.2 Å². The third kappa shape index (κ3) is 5.16. The molecular formula is C24H20ClF3N2O2. The largest absolute Gasteiger partial charge is 0.491 e. The molecule has 4 rings (SSSR count). The summed E-state index contributed by atoms with van der Waals surface area (Å²) in [4.78, 5) is 4.56. The Bertz CT molecular complexity index is 1110. The highest BCUT2D eigenvalue weighted by atomic mass is 35.5. The Labute approximate surface area is 188 Å². The molecule has 4 nitrogen and oxygen atoms in total. The standard InChI is InChI=1S/C24H20ClF3N2O2/c25-20-3-1-2-4-22(20)32-14-12-30-23-19-15-17(7-10-21(19)31-13-11-29-23)16-5-8-18(9-6-16)24(26,27)28/h1-10,15H,11-14H2,(H,29,30). The summed E-state index contributed by atoms with van der Waals surface area (Å²) in [6.07, 6.45) is -4.37. The third-order valence-electron chi connectivity index (χ3n) is 4.89. The summed E-state index contributed by atoms with van der Waals surface area (Å²) in [5, 5.41) is 3.81. The number of fused-ring (bicyclic) bond motifs is 1. The predicted molar refractivity (Wildman–Crippen MR) is 119 cm³/mol. The van der Waals surface area contributed by atoms with Gasteiger partial charge in [0.25, 0.3) is 0 Å². The highest BCUT2D eigenvalue weighted by molar-refractivity contribution is 6.32. The molecular weight excluding hydrogens is 441 g/mol. The van der Waals surface area contributed by atoms with Gasteiger partial charge in [-0.1, -0.05) is 41.9 Å². The first kappa shape index (κ1) is 22.0. The second-order valence-electron chi connectivity index (χ2n) is 7.07. The Balaban J connectivity index is 1.49. The number of para-hydroxylation sites is 1. The van der Waals surface area contributed by atoms with Crippen LogP contribution in [0.4, 0.5) is 13.2 Å². The number of hydrogen-bond donors (Lipinski definition) is 1. The molecule has 1 aliphatic heterocycles. The van der Waals surface area contributed by atoms with Crippen molar-refractivity contribution in [2.75, 3.05) is 26.3 Å². The van der Waals surface area contributed by atoms with E-state index in [1.165, 1.54) is 12.1 Å². The van der Waals surface area contributed by atoms with Crippen molar-refractivity contribution >= 4 is 17.4 Å². The average molecular weight is 461 g/mol. The number of aliphatic imine (C=N–C) groups is 1. The molecule has 1 N–H and O–H groups in total. The van der Waals surface area contributed by atoms with Crippen LogP contribution >= 0.6 is 11.6 Å². The molecule has 0 aromatic heterocycles. The fourth-order valence-corrected chi connectivity index (χ4v) is 3.50. The molecule has 3 aromatic rings. The summed E-state index contributed by atoms with van der Waals surface area (Å²) < 4.78 is 50.1. The van der Waals surface area contributed by atoms with E-state index in [2.05, 4.69) is 10.3 Å². The Kier molecular flexibility index (Phi) is 6.55. The van der Waals surface area contributed by atoms with Gasteiger partial charge in [0.15, 0.2) is 0 Å². The zero-order valence-corrected chi connectivity index (χ0v) is 17.7. The number of halogens is 4. The summed E-state index contributed by atoms with van der Waals surface area (Å²) in [5.41, 5.74) is 1.51. The van der Waals surface area contributed by atoms with E-state index in [1.54, 1.807) is 12.1 Å².